The van der Waals surface area contributed by atoms with Crippen LogP contribution in [0.2, 0.25) is 5.21 Å². The van der Waals surface area contributed by atoms with Crippen LogP contribution in [-0.4, -0.2) is 36.7 Å². The van der Waals surface area contributed by atoms with Crippen molar-refractivity contribution in [3.63, 3.8) is 0 Å². The number of hydrogen-bond acceptors (Lipinski definition) is 2. The van der Waals surface area contributed by atoms with Crippen molar-refractivity contribution in [1.82, 2.24) is 0 Å². The van der Waals surface area contributed by atoms with E-state index in [2.05, 4.69) is 0 Å². The fraction of sp³-hybridized carbons (Fsp3) is 0.333. The molecular formula is C3H5AsO4. The van der Waals surface area contributed by atoms with Gasteiger partial charge in [-0.25, -0.2) is 0 Å². The van der Waals surface area contributed by atoms with Crippen LogP contribution in [0.5, 0.6) is 0 Å². The molecule has 8 heavy (non-hydrogen) atoms. The molecule has 5 heteroatoms. The van der Waals surface area contributed by atoms with Crippen LogP contribution < -0.4 is 0 Å². The summed E-state index contributed by atoms with van der Waals surface area (Å²) in [5, 5.41) is 15.7. The zero-order valence-electron chi connectivity index (χ0n) is 3.92. The minimum absolute atomic E-state index is 0.171. The fourth-order valence-corrected chi connectivity index (χ4v) is 0.786. The molecule has 0 radical (unpaired) electrons. The Morgan fingerprint density at radius 3 is 2.00 bits per heavy atom. The van der Waals surface area contributed by atoms with Gasteiger partial charge in [-0.15, -0.1) is 0 Å². The molecule has 0 saturated carbocycles. The van der Waals surface area contributed by atoms with Crippen molar-refractivity contribution in [2.75, 3.05) is 0 Å². The first-order valence-electron chi connectivity index (χ1n) is 1.81. The standard InChI is InChI=1S/C3H5AsO4/c5-2(6)1-4-3(7)8/h4H,1H2,(H,5,6)(H,7,8). The zero-order valence-corrected chi connectivity index (χ0v) is 6.02. The topological polar surface area (TPSA) is 74.6 Å². The summed E-state index contributed by atoms with van der Waals surface area (Å²) in [4.78, 5) is 19.4. The van der Waals surface area contributed by atoms with Gasteiger partial charge in [-0.1, -0.05) is 0 Å². The van der Waals surface area contributed by atoms with Crippen LogP contribution in [0.15, 0.2) is 0 Å². The monoisotopic (exact) mass is 180 g/mol. The molecule has 0 aliphatic carbocycles. The van der Waals surface area contributed by atoms with Crippen LogP contribution in [0.1, 0.15) is 0 Å². The summed E-state index contributed by atoms with van der Waals surface area (Å²) in [6, 6.07) is 0. The first-order valence-corrected chi connectivity index (χ1v) is 4.35. The fourth-order valence-electron chi connectivity index (χ4n) is 0.151. The Bertz CT molecular complexity index is 95.9. The second kappa shape index (κ2) is 3.49. The van der Waals surface area contributed by atoms with Crippen molar-refractivity contribution in [2.45, 2.75) is 5.21 Å². The van der Waals surface area contributed by atoms with Crippen molar-refractivity contribution in [3.05, 3.63) is 0 Å². The van der Waals surface area contributed by atoms with Gasteiger partial charge in [-0.2, -0.15) is 0 Å². The van der Waals surface area contributed by atoms with Crippen LogP contribution in [0, 0.1) is 0 Å². The average molecular weight is 180 g/mol. The van der Waals surface area contributed by atoms with E-state index >= 15 is 0 Å². The van der Waals surface area contributed by atoms with Gasteiger partial charge in [0.25, 0.3) is 0 Å². The maximum atomic E-state index is 9.70. The number of rotatable bonds is 3. The van der Waals surface area contributed by atoms with Crippen molar-refractivity contribution in [1.29, 1.82) is 0 Å². The molecule has 0 bridgehead atoms. The molecule has 0 rings (SSSR count). The molecule has 0 saturated heterocycles. The molecule has 0 fully saturated rings. The van der Waals surface area contributed by atoms with E-state index < -0.39 is 26.5 Å². The summed E-state index contributed by atoms with van der Waals surface area (Å²) >= 11 is -1.28. The molecule has 0 aromatic rings. The SMILES string of the molecule is O=C(O)C[AsH]C(=O)O. The van der Waals surface area contributed by atoms with Crippen molar-refractivity contribution in [3.8, 4) is 0 Å². The van der Waals surface area contributed by atoms with E-state index in [1.54, 1.807) is 0 Å². The average Bonchev–Trinajstić information content (AvgIpc) is 1.61. The molecule has 0 spiro atoms. The predicted molar refractivity (Wildman–Crippen MR) is 27.6 cm³/mol. The maximum absolute atomic E-state index is 9.70. The van der Waals surface area contributed by atoms with E-state index in [-0.39, 0.29) is 5.21 Å². The number of carbonyl (C=O) groups is 2. The molecule has 1 unspecified atom stereocenters. The Morgan fingerprint density at radius 1 is 1.38 bits per heavy atom. The third kappa shape index (κ3) is 5.50. The van der Waals surface area contributed by atoms with Crippen LogP contribution in [-0.2, 0) is 4.79 Å². The van der Waals surface area contributed by atoms with E-state index in [0.29, 0.717) is 0 Å². The molecule has 0 aliphatic rings. The predicted octanol–water partition coefficient (Wildman–Crippen LogP) is -0.396. The summed E-state index contributed by atoms with van der Waals surface area (Å²) in [5.41, 5.74) is 0. The van der Waals surface area contributed by atoms with Crippen LogP contribution >= 0.6 is 0 Å². The third-order valence-electron chi connectivity index (χ3n) is 0.391. The van der Waals surface area contributed by atoms with Crippen LogP contribution in [0.3, 0.4) is 0 Å². The normalized spacial score (nSPS) is 10.0. The van der Waals surface area contributed by atoms with Gasteiger partial charge >= 0.3 is 51.5 Å². The van der Waals surface area contributed by atoms with Gasteiger partial charge in [0.05, 0.1) is 0 Å². The van der Waals surface area contributed by atoms with E-state index in [1.165, 1.54) is 0 Å². The molecule has 0 heterocycles. The Labute approximate surface area is 52.2 Å². The van der Waals surface area contributed by atoms with Gasteiger partial charge in [0.1, 0.15) is 0 Å². The summed E-state index contributed by atoms with van der Waals surface area (Å²) in [6.45, 7) is 0. The van der Waals surface area contributed by atoms with Crippen LogP contribution in [0.25, 0.3) is 0 Å². The van der Waals surface area contributed by atoms with E-state index in [1.807, 2.05) is 0 Å². The number of hydrogen-bond donors (Lipinski definition) is 2. The first kappa shape index (κ1) is 7.50. The molecule has 4 nitrogen and oxygen atoms in total. The number of carboxylic acids is 1. The van der Waals surface area contributed by atoms with Gasteiger partial charge in [-0.3, -0.25) is 0 Å². The second-order valence-corrected chi connectivity index (χ2v) is 3.43. The molecule has 46 valence electrons. The molecule has 0 aromatic carbocycles. The first-order chi connectivity index (χ1) is 3.63. The van der Waals surface area contributed by atoms with E-state index in [0.717, 1.165) is 0 Å². The van der Waals surface area contributed by atoms with Crippen LogP contribution in [0.4, 0.5) is 4.79 Å². The van der Waals surface area contributed by atoms with Gasteiger partial charge in [0, 0.05) is 0 Å². The molecule has 0 amide bonds. The Morgan fingerprint density at radius 2 is 1.88 bits per heavy atom. The second-order valence-electron chi connectivity index (χ2n) is 1.05. The van der Waals surface area contributed by atoms with Crippen molar-refractivity contribution >= 4 is 26.5 Å². The molecule has 2 N–H and O–H groups in total. The molecular weight excluding hydrogens is 175 g/mol. The van der Waals surface area contributed by atoms with E-state index in [4.69, 9.17) is 10.2 Å². The Hall–Kier alpha value is -0.502. The quantitative estimate of drug-likeness (QED) is 0.579. The summed E-state index contributed by atoms with van der Waals surface area (Å²) in [6.07, 6.45) is 0. The van der Waals surface area contributed by atoms with Gasteiger partial charge in [0.2, 0.25) is 0 Å². The summed E-state index contributed by atoms with van der Waals surface area (Å²) in [5.74, 6) is -1.02. The summed E-state index contributed by atoms with van der Waals surface area (Å²) < 4.78 is -0.951. The minimum atomic E-state index is -1.28. The van der Waals surface area contributed by atoms with Gasteiger partial charge in [-0.05, 0) is 0 Å². The Kier molecular flexibility index (Phi) is 3.28. The van der Waals surface area contributed by atoms with E-state index in [9.17, 15) is 9.59 Å². The zero-order chi connectivity index (χ0) is 6.57. The molecule has 1 atom stereocenters. The van der Waals surface area contributed by atoms with Gasteiger partial charge in [0.15, 0.2) is 0 Å². The molecule has 0 aromatic heterocycles. The number of aliphatic carboxylic acids is 1. The number of carboxylic acid groups (broad SMARTS) is 2. The molecule has 0 aliphatic heterocycles. The summed E-state index contributed by atoms with van der Waals surface area (Å²) in [7, 11) is 0. The van der Waals surface area contributed by atoms with Gasteiger partial charge < -0.3 is 0 Å². The Balaban J connectivity index is 3.18. The third-order valence-corrected chi connectivity index (χ3v) is 2.03. The van der Waals surface area contributed by atoms with Crippen molar-refractivity contribution in [2.24, 2.45) is 0 Å². The van der Waals surface area contributed by atoms with Crippen molar-refractivity contribution < 1.29 is 19.8 Å².